The van der Waals surface area contributed by atoms with Crippen LogP contribution in [0, 0.1) is 56.7 Å². The van der Waals surface area contributed by atoms with Gasteiger partial charge >= 0.3 is 0 Å². The van der Waals surface area contributed by atoms with Gasteiger partial charge in [0.15, 0.2) is 0 Å². The Bertz CT molecular complexity index is 752. The molecule has 9 atom stereocenters. The van der Waals surface area contributed by atoms with E-state index in [2.05, 4.69) is 48.1 Å². The average Bonchev–Trinajstić information content (AvgIpc) is 3.08. The third kappa shape index (κ3) is 2.71. The van der Waals surface area contributed by atoms with Crippen LogP contribution in [-0.2, 0) is 0 Å². The van der Waals surface area contributed by atoms with Gasteiger partial charge in [0.2, 0.25) is 0 Å². The van der Waals surface area contributed by atoms with Crippen molar-refractivity contribution in [3.8, 4) is 0 Å². The first-order chi connectivity index (χ1) is 14.5. The minimum absolute atomic E-state index is 0.185. The summed E-state index contributed by atoms with van der Waals surface area (Å²) in [4.78, 5) is 0. The normalized spacial score (nSPS) is 55.5. The maximum atomic E-state index is 10.6. The predicted molar refractivity (Wildman–Crippen MR) is 131 cm³/mol. The van der Waals surface area contributed by atoms with Crippen molar-refractivity contribution in [1.29, 1.82) is 0 Å². The molecule has 5 aliphatic rings. The van der Waals surface area contributed by atoms with E-state index in [9.17, 15) is 5.11 Å². The lowest BCUT2D eigenvalue weighted by Crippen LogP contribution is -2.65. The molecule has 9 unspecified atom stereocenters. The Balaban J connectivity index is 1.55. The second-order valence-electron chi connectivity index (χ2n) is 14.5. The molecule has 5 fully saturated rings. The molecule has 0 aliphatic heterocycles. The van der Waals surface area contributed by atoms with E-state index in [1.807, 2.05) is 0 Å². The Morgan fingerprint density at radius 1 is 0.806 bits per heavy atom. The van der Waals surface area contributed by atoms with Gasteiger partial charge in [-0.05, 0) is 128 Å². The lowest BCUT2D eigenvalue weighted by Gasteiger charge is -2.72. The first kappa shape index (κ1) is 22.5. The van der Waals surface area contributed by atoms with E-state index in [1.54, 1.807) is 0 Å². The largest absolute Gasteiger partial charge is 0.396 e. The lowest BCUT2D eigenvalue weighted by molar-refractivity contribution is -0.238. The molecule has 5 rings (SSSR count). The smallest absolute Gasteiger partial charge is 0.0490 e. The highest BCUT2D eigenvalue weighted by Crippen LogP contribution is 2.77. The maximum absolute atomic E-state index is 10.6. The number of hydrogen-bond acceptors (Lipinski definition) is 1. The molecular formula is C30H50O. The standard InChI is InChI=1S/C30H50O/c1-20(2)21-11-16-30(19-31)18-17-28(6)22(25(21)30)9-10-24-27(5)14-8-13-26(3,4)23(27)12-15-29(24,28)7/h21-25,31H,1,8-19H2,2-7H3. The predicted octanol–water partition coefficient (Wildman–Crippen LogP) is 8.03. The summed E-state index contributed by atoms with van der Waals surface area (Å²) in [6.07, 6.45) is 15.1. The summed E-state index contributed by atoms with van der Waals surface area (Å²) in [5.41, 5.74) is 3.50. The van der Waals surface area contributed by atoms with Crippen molar-refractivity contribution in [3.63, 3.8) is 0 Å². The van der Waals surface area contributed by atoms with Crippen molar-refractivity contribution in [1.82, 2.24) is 0 Å². The number of aliphatic hydroxyl groups excluding tert-OH is 1. The highest BCUT2D eigenvalue weighted by molar-refractivity contribution is 5.21. The topological polar surface area (TPSA) is 20.2 Å². The quantitative estimate of drug-likeness (QED) is 0.443. The Labute approximate surface area is 192 Å². The van der Waals surface area contributed by atoms with Crippen LogP contribution in [0.5, 0.6) is 0 Å². The van der Waals surface area contributed by atoms with Crippen molar-refractivity contribution >= 4 is 0 Å². The van der Waals surface area contributed by atoms with E-state index >= 15 is 0 Å². The number of rotatable bonds is 2. The molecule has 0 aromatic carbocycles. The molecule has 5 saturated carbocycles. The van der Waals surface area contributed by atoms with E-state index in [4.69, 9.17) is 0 Å². The SMILES string of the molecule is C=C(C)C1CCC2(CO)CCC3(C)C(CCC4C5(C)CCCC(C)(C)C5CCC43C)C12. The molecule has 0 heterocycles. The second-order valence-corrected chi connectivity index (χ2v) is 14.5. The summed E-state index contributed by atoms with van der Waals surface area (Å²) in [5.74, 6) is 3.86. The molecule has 0 saturated heterocycles. The van der Waals surface area contributed by atoms with Crippen molar-refractivity contribution in [2.75, 3.05) is 6.61 Å². The molecule has 1 N–H and O–H groups in total. The molecule has 0 aromatic rings. The molecule has 0 radical (unpaired) electrons. The van der Waals surface area contributed by atoms with Crippen molar-refractivity contribution < 1.29 is 5.11 Å². The fraction of sp³-hybridized carbons (Fsp3) is 0.933. The fourth-order valence-electron chi connectivity index (χ4n) is 11.7. The van der Waals surface area contributed by atoms with Gasteiger partial charge in [-0.3, -0.25) is 0 Å². The Hall–Kier alpha value is -0.300. The summed E-state index contributed by atoms with van der Waals surface area (Å²) in [5, 5.41) is 10.6. The lowest BCUT2D eigenvalue weighted by atomic mass is 9.32. The second kappa shape index (κ2) is 6.86. The van der Waals surface area contributed by atoms with Gasteiger partial charge in [-0.25, -0.2) is 0 Å². The van der Waals surface area contributed by atoms with Crippen LogP contribution >= 0.6 is 0 Å². The first-order valence-corrected chi connectivity index (χ1v) is 13.7. The molecule has 0 aromatic heterocycles. The van der Waals surface area contributed by atoms with Crippen LogP contribution in [0.1, 0.15) is 112 Å². The van der Waals surface area contributed by atoms with E-state index in [0.29, 0.717) is 40.1 Å². The minimum atomic E-state index is 0.185. The van der Waals surface area contributed by atoms with Gasteiger partial charge in [-0.15, -0.1) is 0 Å². The minimum Gasteiger partial charge on any atom is -0.396 e. The van der Waals surface area contributed by atoms with E-state index in [1.165, 1.54) is 76.2 Å². The summed E-state index contributed by atoms with van der Waals surface area (Å²) in [7, 11) is 0. The van der Waals surface area contributed by atoms with Crippen molar-refractivity contribution in [2.24, 2.45) is 56.7 Å². The van der Waals surface area contributed by atoms with Gasteiger partial charge in [0.25, 0.3) is 0 Å². The number of hydrogen-bond donors (Lipinski definition) is 1. The zero-order chi connectivity index (χ0) is 22.4. The van der Waals surface area contributed by atoms with Crippen LogP contribution in [0.25, 0.3) is 0 Å². The van der Waals surface area contributed by atoms with Crippen molar-refractivity contribution in [2.45, 2.75) is 112 Å². The molecule has 0 amide bonds. The van der Waals surface area contributed by atoms with Crippen LogP contribution in [0.2, 0.25) is 0 Å². The molecule has 176 valence electrons. The highest BCUT2D eigenvalue weighted by atomic mass is 16.3. The molecule has 0 spiro atoms. The number of fused-ring (bicyclic) bond motifs is 7. The van der Waals surface area contributed by atoms with Gasteiger partial charge in [0.05, 0.1) is 0 Å². The molecule has 1 nitrogen and oxygen atoms in total. The van der Waals surface area contributed by atoms with Gasteiger partial charge in [0, 0.05) is 6.61 Å². The summed E-state index contributed by atoms with van der Waals surface area (Å²) in [6, 6.07) is 0. The van der Waals surface area contributed by atoms with Crippen LogP contribution in [0.4, 0.5) is 0 Å². The third-order valence-corrected chi connectivity index (χ3v) is 13.3. The average molecular weight is 427 g/mol. The van der Waals surface area contributed by atoms with Crippen LogP contribution in [0.15, 0.2) is 12.2 Å². The first-order valence-electron chi connectivity index (χ1n) is 13.7. The molecule has 5 aliphatic carbocycles. The van der Waals surface area contributed by atoms with Gasteiger partial charge < -0.3 is 5.11 Å². The maximum Gasteiger partial charge on any atom is 0.0490 e. The summed E-state index contributed by atoms with van der Waals surface area (Å²) >= 11 is 0. The molecule has 1 heteroatoms. The van der Waals surface area contributed by atoms with Crippen LogP contribution in [-0.4, -0.2) is 11.7 Å². The Kier molecular flexibility index (Phi) is 4.98. The van der Waals surface area contributed by atoms with Crippen LogP contribution in [0.3, 0.4) is 0 Å². The molecule has 0 bridgehead atoms. The van der Waals surface area contributed by atoms with E-state index in [0.717, 1.165) is 17.8 Å². The van der Waals surface area contributed by atoms with Gasteiger partial charge in [-0.1, -0.05) is 53.2 Å². The Morgan fingerprint density at radius 2 is 1.55 bits per heavy atom. The Morgan fingerprint density at radius 3 is 2.23 bits per heavy atom. The number of aliphatic hydroxyl groups is 1. The van der Waals surface area contributed by atoms with Crippen LogP contribution < -0.4 is 0 Å². The highest BCUT2D eigenvalue weighted by Gasteiger charge is 2.70. The fourth-order valence-corrected chi connectivity index (χ4v) is 11.7. The van der Waals surface area contributed by atoms with E-state index in [-0.39, 0.29) is 5.41 Å². The zero-order valence-electron chi connectivity index (χ0n) is 21.5. The summed E-state index contributed by atoms with van der Waals surface area (Å²) in [6.45, 7) is 20.5. The van der Waals surface area contributed by atoms with E-state index < -0.39 is 0 Å². The number of allylic oxidation sites excluding steroid dienone is 1. The van der Waals surface area contributed by atoms with Crippen molar-refractivity contribution in [3.05, 3.63) is 12.2 Å². The molecule has 31 heavy (non-hydrogen) atoms. The zero-order valence-corrected chi connectivity index (χ0v) is 21.5. The summed E-state index contributed by atoms with van der Waals surface area (Å²) < 4.78 is 0. The third-order valence-electron chi connectivity index (χ3n) is 13.3. The molecular weight excluding hydrogens is 376 g/mol. The van der Waals surface area contributed by atoms with Gasteiger partial charge in [0.1, 0.15) is 0 Å². The van der Waals surface area contributed by atoms with Gasteiger partial charge in [-0.2, -0.15) is 0 Å². The monoisotopic (exact) mass is 426 g/mol.